The molecule has 0 aliphatic heterocycles. The van der Waals surface area contributed by atoms with E-state index < -0.39 is 0 Å². The van der Waals surface area contributed by atoms with E-state index in [-0.39, 0.29) is 5.91 Å². The molecule has 1 atom stereocenters. The Balaban J connectivity index is 2.02. The van der Waals surface area contributed by atoms with Crippen molar-refractivity contribution in [3.05, 3.63) is 0 Å². The summed E-state index contributed by atoms with van der Waals surface area (Å²) in [6.07, 6.45) is 6.30. The summed E-state index contributed by atoms with van der Waals surface area (Å²) in [5.74, 6) is 0.179. The van der Waals surface area contributed by atoms with Crippen molar-refractivity contribution >= 4 is 5.91 Å². The fraction of sp³-hybridized carbons (Fsp3) is 0.923. The first-order valence-corrected chi connectivity index (χ1v) is 6.84. The van der Waals surface area contributed by atoms with Gasteiger partial charge in [-0.15, -0.1) is 0 Å². The van der Waals surface area contributed by atoms with Crippen molar-refractivity contribution in [2.45, 2.75) is 57.5 Å². The molecule has 0 aromatic heterocycles. The van der Waals surface area contributed by atoms with Crippen molar-refractivity contribution in [1.29, 1.82) is 0 Å². The number of hydrogen-bond acceptors (Lipinski definition) is 3. The summed E-state index contributed by atoms with van der Waals surface area (Å²) >= 11 is 0. The Morgan fingerprint density at radius 3 is 2.71 bits per heavy atom. The van der Waals surface area contributed by atoms with Crippen LogP contribution in [0.3, 0.4) is 0 Å². The number of hydrogen-bond donors (Lipinski definition) is 2. The van der Waals surface area contributed by atoms with E-state index in [0.717, 1.165) is 38.4 Å². The van der Waals surface area contributed by atoms with Gasteiger partial charge in [0.1, 0.15) is 0 Å². The first-order valence-electron chi connectivity index (χ1n) is 6.84. The summed E-state index contributed by atoms with van der Waals surface area (Å²) in [6, 6.07) is 1.20. The van der Waals surface area contributed by atoms with Crippen molar-refractivity contribution in [1.82, 2.24) is 10.2 Å². The van der Waals surface area contributed by atoms with Crippen molar-refractivity contribution in [2.24, 2.45) is 5.73 Å². The summed E-state index contributed by atoms with van der Waals surface area (Å²) in [6.45, 7) is 3.67. The number of amides is 1. The molecule has 0 radical (unpaired) electrons. The van der Waals surface area contributed by atoms with Gasteiger partial charge >= 0.3 is 0 Å². The zero-order chi connectivity index (χ0) is 12.7. The van der Waals surface area contributed by atoms with E-state index in [4.69, 9.17) is 5.73 Å². The number of likely N-dealkylation sites (N-methyl/N-ethyl adjacent to an activating group) is 1. The summed E-state index contributed by atoms with van der Waals surface area (Å²) < 4.78 is 0. The first-order chi connectivity index (χ1) is 8.15. The molecule has 17 heavy (non-hydrogen) atoms. The van der Waals surface area contributed by atoms with Crippen LogP contribution in [0, 0.1) is 0 Å². The van der Waals surface area contributed by atoms with Gasteiger partial charge in [-0.2, -0.15) is 0 Å². The molecule has 4 nitrogen and oxygen atoms in total. The number of carbonyl (C=O) groups excluding carboxylic acids is 1. The lowest BCUT2D eigenvalue weighted by Gasteiger charge is -2.24. The van der Waals surface area contributed by atoms with E-state index in [9.17, 15) is 4.79 Å². The van der Waals surface area contributed by atoms with Gasteiger partial charge in [-0.1, -0.05) is 6.42 Å². The number of nitrogens with one attached hydrogen (secondary N) is 1. The number of carbonyl (C=O) groups is 1. The highest BCUT2D eigenvalue weighted by Crippen LogP contribution is 2.26. The molecule has 1 rings (SSSR count). The van der Waals surface area contributed by atoms with Gasteiger partial charge in [0, 0.05) is 25.0 Å². The minimum Gasteiger partial charge on any atom is -0.355 e. The minimum atomic E-state index is 0.179. The van der Waals surface area contributed by atoms with Crippen LogP contribution in [-0.2, 0) is 4.79 Å². The largest absolute Gasteiger partial charge is 0.355 e. The van der Waals surface area contributed by atoms with Gasteiger partial charge in [0.15, 0.2) is 0 Å². The van der Waals surface area contributed by atoms with Crippen LogP contribution in [0.2, 0.25) is 0 Å². The van der Waals surface area contributed by atoms with Crippen LogP contribution in [0.15, 0.2) is 0 Å². The maximum Gasteiger partial charge on any atom is 0.220 e. The topological polar surface area (TPSA) is 58.4 Å². The predicted octanol–water partition coefficient (Wildman–Crippen LogP) is 1.10. The van der Waals surface area contributed by atoms with Crippen molar-refractivity contribution in [3.63, 3.8) is 0 Å². The molecule has 1 aliphatic carbocycles. The van der Waals surface area contributed by atoms with Crippen LogP contribution in [0.1, 0.15) is 45.4 Å². The van der Waals surface area contributed by atoms with Crippen LogP contribution in [0.25, 0.3) is 0 Å². The van der Waals surface area contributed by atoms with E-state index in [2.05, 4.69) is 24.2 Å². The zero-order valence-corrected chi connectivity index (χ0v) is 11.2. The van der Waals surface area contributed by atoms with Gasteiger partial charge in [-0.3, -0.25) is 9.69 Å². The smallest absolute Gasteiger partial charge is 0.220 e. The van der Waals surface area contributed by atoms with Gasteiger partial charge in [0.25, 0.3) is 0 Å². The molecule has 1 aliphatic rings. The Hall–Kier alpha value is -0.610. The molecular weight excluding hydrogens is 214 g/mol. The van der Waals surface area contributed by atoms with E-state index in [1.807, 2.05) is 0 Å². The normalized spacial score (nSPS) is 17.2. The molecular formula is C13H27N3O. The number of nitrogens with two attached hydrogens (primary N) is 1. The van der Waals surface area contributed by atoms with Crippen LogP contribution in [0.4, 0.5) is 0 Å². The van der Waals surface area contributed by atoms with Gasteiger partial charge in [-0.05, 0) is 46.2 Å². The van der Waals surface area contributed by atoms with Crippen molar-refractivity contribution in [3.8, 4) is 0 Å². The summed E-state index contributed by atoms with van der Waals surface area (Å²) in [5.41, 5.74) is 5.41. The van der Waals surface area contributed by atoms with Crippen molar-refractivity contribution in [2.75, 3.05) is 20.1 Å². The molecule has 0 spiro atoms. The van der Waals surface area contributed by atoms with Crippen LogP contribution < -0.4 is 11.1 Å². The molecule has 0 saturated heterocycles. The molecule has 0 aromatic carbocycles. The third-order valence-corrected chi connectivity index (χ3v) is 3.52. The SMILES string of the molecule is CC(CNC(=O)CCCCCN)N(C)C1CC1. The lowest BCUT2D eigenvalue weighted by molar-refractivity contribution is -0.121. The van der Waals surface area contributed by atoms with Gasteiger partial charge in [0.05, 0.1) is 0 Å². The quantitative estimate of drug-likeness (QED) is 0.594. The molecule has 4 heteroatoms. The predicted molar refractivity (Wildman–Crippen MR) is 70.8 cm³/mol. The summed E-state index contributed by atoms with van der Waals surface area (Å²) in [5, 5.41) is 3.01. The Morgan fingerprint density at radius 2 is 2.12 bits per heavy atom. The summed E-state index contributed by atoms with van der Waals surface area (Å²) in [7, 11) is 2.15. The molecule has 0 aromatic rings. The Bertz CT molecular complexity index is 229. The highest BCUT2D eigenvalue weighted by Gasteiger charge is 2.28. The zero-order valence-electron chi connectivity index (χ0n) is 11.2. The van der Waals surface area contributed by atoms with E-state index in [1.54, 1.807) is 0 Å². The van der Waals surface area contributed by atoms with Crippen molar-refractivity contribution < 1.29 is 4.79 Å². The molecule has 1 fully saturated rings. The van der Waals surface area contributed by atoms with Gasteiger partial charge < -0.3 is 11.1 Å². The van der Waals surface area contributed by atoms with E-state index in [1.165, 1.54) is 12.8 Å². The second-order valence-electron chi connectivity index (χ2n) is 5.15. The standard InChI is InChI=1S/C13H27N3O/c1-11(16(2)12-7-8-12)10-15-13(17)6-4-3-5-9-14/h11-12H,3-10,14H2,1-2H3,(H,15,17). The van der Waals surface area contributed by atoms with Crippen LogP contribution in [-0.4, -0.2) is 43.0 Å². The van der Waals surface area contributed by atoms with Gasteiger partial charge in [0.2, 0.25) is 5.91 Å². The number of nitrogens with zero attached hydrogens (tertiary/aromatic N) is 1. The molecule has 1 unspecified atom stereocenters. The third-order valence-electron chi connectivity index (χ3n) is 3.52. The monoisotopic (exact) mass is 241 g/mol. The average Bonchev–Trinajstić information content (AvgIpc) is 3.14. The molecule has 0 bridgehead atoms. The Labute approximate surface area is 105 Å². The second kappa shape index (κ2) is 7.67. The summed E-state index contributed by atoms with van der Waals surface area (Å²) in [4.78, 5) is 13.9. The maximum atomic E-state index is 11.6. The Morgan fingerprint density at radius 1 is 1.41 bits per heavy atom. The number of unbranched alkanes of at least 4 members (excludes halogenated alkanes) is 2. The third kappa shape index (κ3) is 6.03. The highest BCUT2D eigenvalue weighted by molar-refractivity contribution is 5.75. The molecule has 0 heterocycles. The highest BCUT2D eigenvalue weighted by atomic mass is 16.1. The van der Waals surface area contributed by atoms with Crippen LogP contribution in [0.5, 0.6) is 0 Å². The minimum absolute atomic E-state index is 0.179. The molecule has 1 saturated carbocycles. The second-order valence-corrected chi connectivity index (χ2v) is 5.15. The molecule has 3 N–H and O–H groups in total. The fourth-order valence-corrected chi connectivity index (χ4v) is 1.94. The van der Waals surface area contributed by atoms with E-state index >= 15 is 0 Å². The first kappa shape index (κ1) is 14.5. The number of rotatable bonds is 9. The lowest BCUT2D eigenvalue weighted by Crippen LogP contribution is -2.41. The lowest BCUT2D eigenvalue weighted by atomic mass is 10.2. The maximum absolute atomic E-state index is 11.6. The van der Waals surface area contributed by atoms with Crippen LogP contribution >= 0.6 is 0 Å². The molecule has 1 amide bonds. The Kier molecular flexibility index (Phi) is 6.52. The average molecular weight is 241 g/mol. The fourth-order valence-electron chi connectivity index (χ4n) is 1.94. The molecule has 100 valence electrons. The van der Waals surface area contributed by atoms with Gasteiger partial charge in [-0.25, -0.2) is 0 Å². The van der Waals surface area contributed by atoms with E-state index in [0.29, 0.717) is 12.5 Å².